The zero-order valence-corrected chi connectivity index (χ0v) is 19.6. The molecule has 172 valence electrons. The van der Waals surface area contributed by atoms with Crippen LogP contribution in [0, 0.1) is 13.8 Å². The predicted octanol–water partition coefficient (Wildman–Crippen LogP) is 4.09. The quantitative estimate of drug-likeness (QED) is 0.271. The number of fused-ring (bicyclic) bond motifs is 3. The number of hydrogen-bond donors (Lipinski definition) is 0. The molecule has 0 saturated carbocycles. The molecule has 0 saturated heterocycles. The summed E-state index contributed by atoms with van der Waals surface area (Å²) in [7, 11) is 1.64. The van der Waals surface area contributed by atoms with Crippen molar-refractivity contribution in [1.82, 2.24) is 29.1 Å². The van der Waals surface area contributed by atoms with Gasteiger partial charge < -0.3 is 14.1 Å². The van der Waals surface area contributed by atoms with Crippen LogP contribution in [0.1, 0.15) is 35.3 Å². The van der Waals surface area contributed by atoms with E-state index in [9.17, 15) is 0 Å². The van der Waals surface area contributed by atoms with Gasteiger partial charge in [-0.15, -0.1) is 5.10 Å². The standard InChI is InChI=1S/C25H25N7O2/c1-16-18(3)31(13-20-7-5-6-12-26-20)24-23(16)25-28-22(29-32(25)15-27-24)14-34-30-17(2)19-8-10-21(33-4)11-9-19/h5-12,15H,13-14H2,1-4H3/b30-17+. The Labute approximate surface area is 196 Å². The first kappa shape index (κ1) is 21.6. The van der Waals surface area contributed by atoms with Gasteiger partial charge in [0, 0.05) is 11.9 Å². The summed E-state index contributed by atoms with van der Waals surface area (Å²) in [5, 5.41) is 9.73. The number of methoxy groups -OCH3 is 1. The number of aromatic nitrogens is 6. The third-order valence-electron chi connectivity index (χ3n) is 5.94. The predicted molar refractivity (Wildman–Crippen MR) is 129 cm³/mol. The molecule has 0 amide bonds. The molecular weight excluding hydrogens is 430 g/mol. The van der Waals surface area contributed by atoms with Crippen molar-refractivity contribution >= 4 is 22.4 Å². The first-order valence-corrected chi connectivity index (χ1v) is 11.0. The van der Waals surface area contributed by atoms with E-state index in [1.165, 1.54) is 0 Å². The number of rotatable bonds is 7. The lowest BCUT2D eigenvalue weighted by Crippen LogP contribution is -2.04. The third-order valence-corrected chi connectivity index (χ3v) is 5.94. The lowest BCUT2D eigenvalue weighted by molar-refractivity contribution is 0.125. The smallest absolute Gasteiger partial charge is 0.192 e. The Hall–Kier alpha value is -4.27. The molecule has 34 heavy (non-hydrogen) atoms. The van der Waals surface area contributed by atoms with Gasteiger partial charge in [-0.2, -0.15) is 0 Å². The second-order valence-corrected chi connectivity index (χ2v) is 8.04. The van der Waals surface area contributed by atoms with Gasteiger partial charge in [0.05, 0.1) is 30.4 Å². The van der Waals surface area contributed by atoms with Crippen LogP contribution in [0.4, 0.5) is 0 Å². The molecule has 0 fully saturated rings. The van der Waals surface area contributed by atoms with Gasteiger partial charge in [-0.25, -0.2) is 14.5 Å². The molecule has 5 aromatic rings. The van der Waals surface area contributed by atoms with Crippen LogP contribution in [0.2, 0.25) is 0 Å². The summed E-state index contributed by atoms with van der Waals surface area (Å²) < 4.78 is 9.05. The number of pyridine rings is 1. The van der Waals surface area contributed by atoms with Gasteiger partial charge in [0.15, 0.2) is 18.1 Å². The van der Waals surface area contributed by atoms with E-state index < -0.39 is 0 Å². The SMILES string of the molecule is COc1ccc(/C(C)=N/OCc2nc3c4c(C)c(C)n(Cc5ccccn5)c4ncn3n2)cc1. The molecule has 0 radical (unpaired) electrons. The monoisotopic (exact) mass is 455 g/mol. The van der Waals surface area contributed by atoms with Gasteiger partial charge in [-0.3, -0.25) is 4.98 Å². The van der Waals surface area contributed by atoms with Gasteiger partial charge in [0.25, 0.3) is 0 Å². The van der Waals surface area contributed by atoms with Crippen LogP contribution in [0.15, 0.2) is 60.1 Å². The highest BCUT2D eigenvalue weighted by Crippen LogP contribution is 2.27. The summed E-state index contributed by atoms with van der Waals surface area (Å²) in [5.74, 6) is 1.33. The Morgan fingerprint density at radius 2 is 1.85 bits per heavy atom. The van der Waals surface area contributed by atoms with E-state index in [0.717, 1.165) is 50.7 Å². The molecular formula is C25H25N7O2. The van der Waals surface area contributed by atoms with E-state index in [1.54, 1.807) is 24.1 Å². The highest BCUT2D eigenvalue weighted by atomic mass is 16.6. The minimum Gasteiger partial charge on any atom is -0.497 e. The largest absolute Gasteiger partial charge is 0.497 e. The van der Waals surface area contributed by atoms with E-state index in [4.69, 9.17) is 14.6 Å². The summed E-state index contributed by atoms with van der Waals surface area (Å²) in [4.78, 5) is 19.4. The molecule has 0 N–H and O–H groups in total. The van der Waals surface area contributed by atoms with Crippen LogP contribution in [0.3, 0.4) is 0 Å². The van der Waals surface area contributed by atoms with Crippen molar-refractivity contribution < 1.29 is 9.57 Å². The average molecular weight is 456 g/mol. The number of aryl methyl sites for hydroxylation is 1. The molecule has 9 heteroatoms. The zero-order chi connectivity index (χ0) is 23.7. The molecule has 4 heterocycles. The molecule has 0 aliphatic heterocycles. The Morgan fingerprint density at radius 3 is 2.59 bits per heavy atom. The maximum atomic E-state index is 5.56. The normalized spacial score (nSPS) is 11.9. The minimum atomic E-state index is 0.156. The van der Waals surface area contributed by atoms with Crippen LogP contribution in [0.25, 0.3) is 16.7 Å². The summed E-state index contributed by atoms with van der Waals surface area (Å²) in [6.45, 7) is 6.87. The van der Waals surface area contributed by atoms with Gasteiger partial charge in [0.1, 0.15) is 17.7 Å². The first-order valence-electron chi connectivity index (χ1n) is 11.0. The molecule has 0 atom stereocenters. The Morgan fingerprint density at radius 1 is 1.03 bits per heavy atom. The van der Waals surface area contributed by atoms with E-state index in [0.29, 0.717) is 12.4 Å². The number of oxime groups is 1. The van der Waals surface area contributed by atoms with Crippen LogP contribution in [-0.4, -0.2) is 42.0 Å². The molecule has 0 bridgehead atoms. The first-order chi connectivity index (χ1) is 16.5. The van der Waals surface area contributed by atoms with Crippen molar-refractivity contribution in [3.63, 3.8) is 0 Å². The fourth-order valence-electron chi connectivity index (χ4n) is 3.95. The molecule has 9 nitrogen and oxygen atoms in total. The third kappa shape index (κ3) is 3.96. The van der Waals surface area contributed by atoms with Crippen LogP contribution in [0.5, 0.6) is 5.75 Å². The van der Waals surface area contributed by atoms with E-state index in [-0.39, 0.29) is 6.61 Å². The lowest BCUT2D eigenvalue weighted by Gasteiger charge is -2.07. The minimum absolute atomic E-state index is 0.156. The second kappa shape index (κ2) is 8.93. The van der Waals surface area contributed by atoms with Crippen LogP contribution >= 0.6 is 0 Å². The van der Waals surface area contributed by atoms with Crippen molar-refractivity contribution in [1.29, 1.82) is 0 Å². The van der Waals surface area contributed by atoms with Gasteiger partial charge >= 0.3 is 0 Å². The number of hydrogen-bond acceptors (Lipinski definition) is 7. The van der Waals surface area contributed by atoms with Crippen LogP contribution in [-0.2, 0) is 18.0 Å². The molecule has 5 rings (SSSR count). The molecule has 0 unspecified atom stereocenters. The zero-order valence-electron chi connectivity index (χ0n) is 19.6. The van der Waals surface area contributed by atoms with Gasteiger partial charge in [-0.1, -0.05) is 11.2 Å². The summed E-state index contributed by atoms with van der Waals surface area (Å²) in [6.07, 6.45) is 3.49. The van der Waals surface area contributed by atoms with Gasteiger partial charge in [0.2, 0.25) is 0 Å². The molecule has 4 aromatic heterocycles. The second-order valence-electron chi connectivity index (χ2n) is 8.04. The highest BCUT2D eigenvalue weighted by Gasteiger charge is 2.18. The molecule has 0 aliphatic carbocycles. The summed E-state index contributed by atoms with van der Waals surface area (Å²) >= 11 is 0. The Balaban J connectivity index is 1.40. The molecule has 0 spiro atoms. The van der Waals surface area contributed by atoms with E-state index >= 15 is 0 Å². The average Bonchev–Trinajstić information content (AvgIpc) is 3.39. The fraction of sp³-hybridized carbons (Fsp3) is 0.240. The number of ether oxygens (including phenoxy) is 1. The van der Waals surface area contributed by atoms with Gasteiger partial charge in [-0.05, 0) is 68.3 Å². The highest BCUT2D eigenvalue weighted by molar-refractivity contribution is 5.98. The van der Waals surface area contributed by atoms with Crippen molar-refractivity contribution in [3.8, 4) is 5.75 Å². The maximum absolute atomic E-state index is 5.56. The molecule has 0 aliphatic rings. The summed E-state index contributed by atoms with van der Waals surface area (Å²) in [6, 6.07) is 13.6. The van der Waals surface area contributed by atoms with E-state index in [2.05, 4.69) is 38.6 Å². The lowest BCUT2D eigenvalue weighted by atomic mass is 10.1. The maximum Gasteiger partial charge on any atom is 0.192 e. The summed E-state index contributed by atoms with van der Waals surface area (Å²) in [5.41, 5.74) is 6.55. The Bertz CT molecular complexity index is 1490. The number of benzene rings is 1. The topological polar surface area (TPSA) is 91.7 Å². The number of nitrogens with zero attached hydrogens (tertiary/aromatic N) is 7. The van der Waals surface area contributed by atoms with Crippen molar-refractivity contribution in [2.45, 2.75) is 33.9 Å². The van der Waals surface area contributed by atoms with Crippen molar-refractivity contribution in [2.24, 2.45) is 5.16 Å². The van der Waals surface area contributed by atoms with E-state index in [1.807, 2.05) is 49.4 Å². The Kier molecular flexibility index (Phi) is 5.67. The van der Waals surface area contributed by atoms with Crippen molar-refractivity contribution in [2.75, 3.05) is 7.11 Å². The van der Waals surface area contributed by atoms with Crippen molar-refractivity contribution in [3.05, 3.63) is 83.3 Å². The fourth-order valence-corrected chi connectivity index (χ4v) is 3.95. The van der Waals surface area contributed by atoms with Crippen LogP contribution < -0.4 is 4.74 Å². The molecule has 1 aromatic carbocycles.